The Morgan fingerprint density at radius 1 is 0.630 bits per heavy atom. The predicted octanol–water partition coefficient (Wildman–Crippen LogP) is 9.44. The molecule has 2 aliphatic rings. The molecular weight excluding hydrogens is 580 g/mol. The van der Waals surface area contributed by atoms with E-state index in [0.29, 0.717) is 63.0 Å². The molecule has 0 fully saturated rings. The number of hydrogen-bond acceptors (Lipinski definition) is 6. The largest absolute Gasteiger partial charge is 0.349 e. The van der Waals surface area contributed by atoms with Crippen LogP contribution in [0.1, 0.15) is 86.6 Å². The van der Waals surface area contributed by atoms with E-state index < -0.39 is 0 Å². The summed E-state index contributed by atoms with van der Waals surface area (Å²) >= 11 is 0. The highest BCUT2D eigenvalue weighted by molar-refractivity contribution is 6.04. The fourth-order valence-electron chi connectivity index (χ4n) is 6.83. The van der Waals surface area contributed by atoms with Gasteiger partial charge in [0, 0.05) is 16.6 Å². The third-order valence-electron chi connectivity index (χ3n) is 9.65. The number of aromatic nitrogens is 4. The second-order valence-corrected chi connectivity index (χ2v) is 12.0. The molecule has 0 atom stereocenters. The molecule has 6 rings (SSSR count). The Hall–Kier alpha value is -5.38. The maximum atomic E-state index is 12.9. The lowest BCUT2D eigenvalue weighted by Crippen LogP contribution is -1.97. The van der Waals surface area contributed by atoms with E-state index in [2.05, 4.69) is 9.97 Å². The van der Waals surface area contributed by atoms with Crippen molar-refractivity contribution < 1.29 is 9.85 Å². The molecule has 46 heavy (non-hydrogen) atoms. The molecule has 2 N–H and O–H groups in total. The van der Waals surface area contributed by atoms with Crippen molar-refractivity contribution in [1.82, 2.24) is 19.9 Å². The van der Waals surface area contributed by atoms with Gasteiger partial charge >= 0.3 is 11.4 Å². The number of allylic oxidation sites excluding steroid dienone is 4. The fraction of sp³-hybridized carbons (Fsp3) is 0.278. The standard InChI is InChI=1S/C36H36N6O4/c1-9-24-21(7)26-16-27-22(8)25(10-2)34(38-27)36(42(45)46)32-20(6)18(4)30(40-32)28(23-14-12-11-13-15-23)29-17(3)19(5)31(39-29)35(41(43)44)33(24)37-26/h11-16,37-38H,9-10H2,1-8H3. The van der Waals surface area contributed by atoms with Crippen molar-refractivity contribution in [3.05, 3.63) is 102 Å². The number of nitro groups is 2. The van der Waals surface area contributed by atoms with Crippen LogP contribution in [-0.4, -0.2) is 29.8 Å². The van der Waals surface area contributed by atoms with Gasteiger partial charge in [0.2, 0.25) is 0 Å². The first-order valence-corrected chi connectivity index (χ1v) is 15.4. The first-order valence-electron chi connectivity index (χ1n) is 15.4. The number of fused-ring (bicyclic) bond motifs is 8. The minimum Gasteiger partial charge on any atom is -0.349 e. The Kier molecular flexibility index (Phi) is 7.46. The fourth-order valence-corrected chi connectivity index (χ4v) is 6.83. The van der Waals surface area contributed by atoms with Gasteiger partial charge in [0.05, 0.1) is 21.2 Å². The third kappa shape index (κ3) is 4.47. The Morgan fingerprint density at radius 2 is 1.02 bits per heavy atom. The average molecular weight is 617 g/mol. The molecule has 0 unspecified atom stereocenters. The van der Waals surface area contributed by atoms with Crippen LogP contribution >= 0.6 is 0 Å². The summed E-state index contributed by atoms with van der Waals surface area (Å²) in [7, 11) is 0. The molecule has 0 aliphatic carbocycles. The number of aryl methyl sites for hydroxylation is 4. The summed E-state index contributed by atoms with van der Waals surface area (Å²) in [6.45, 7) is 15.4. The topological polar surface area (TPSA) is 144 Å². The van der Waals surface area contributed by atoms with Gasteiger partial charge in [-0.1, -0.05) is 44.2 Å². The zero-order chi connectivity index (χ0) is 33.2. The van der Waals surface area contributed by atoms with Crippen LogP contribution in [0.3, 0.4) is 0 Å². The lowest BCUT2D eigenvalue weighted by molar-refractivity contribution is -0.383. The van der Waals surface area contributed by atoms with E-state index in [9.17, 15) is 20.2 Å². The van der Waals surface area contributed by atoms with Crippen molar-refractivity contribution in [2.24, 2.45) is 0 Å². The molecule has 0 amide bonds. The zero-order valence-corrected chi connectivity index (χ0v) is 27.3. The lowest BCUT2D eigenvalue weighted by Gasteiger charge is -2.09. The van der Waals surface area contributed by atoms with Crippen LogP contribution in [0.5, 0.6) is 0 Å². The number of aromatic amines is 2. The van der Waals surface area contributed by atoms with E-state index in [1.807, 2.05) is 91.8 Å². The molecule has 1 aromatic carbocycles. The van der Waals surface area contributed by atoms with Gasteiger partial charge in [0.25, 0.3) is 0 Å². The highest BCUT2D eigenvalue weighted by Crippen LogP contribution is 2.45. The molecule has 0 radical (unpaired) electrons. The molecule has 3 aromatic heterocycles. The van der Waals surface area contributed by atoms with Crippen molar-refractivity contribution in [1.29, 1.82) is 0 Å². The van der Waals surface area contributed by atoms with Crippen molar-refractivity contribution in [2.45, 2.75) is 68.2 Å². The first-order chi connectivity index (χ1) is 21.9. The van der Waals surface area contributed by atoms with Crippen molar-refractivity contribution >= 4 is 55.7 Å². The summed E-state index contributed by atoms with van der Waals surface area (Å²) in [4.78, 5) is 41.9. The number of benzene rings is 1. The van der Waals surface area contributed by atoms with Crippen LogP contribution in [0.4, 0.5) is 11.4 Å². The van der Waals surface area contributed by atoms with E-state index in [1.165, 1.54) is 0 Å². The Bertz CT molecular complexity index is 2100. The van der Waals surface area contributed by atoms with Gasteiger partial charge in [-0.05, 0) is 111 Å². The van der Waals surface area contributed by atoms with Gasteiger partial charge in [0.15, 0.2) is 0 Å². The summed E-state index contributed by atoms with van der Waals surface area (Å²) in [5, 5.41) is 25.9. The van der Waals surface area contributed by atoms with Gasteiger partial charge in [-0.2, -0.15) is 0 Å². The van der Waals surface area contributed by atoms with Crippen LogP contribution < -0.4 is 0 Å². The van der Waals surface area contributed by atoms with Crippen LogP contribution in [0, 0.1) is 34.1 Å². The van der Waals surface area contributed by atoms with E-state index >= 15 is 0 Å². The summed E-state index contributed by atoms with van der Waals surface area (Å²) in [6, 6.07) is 11.5. The number of rotatable bonds is 5. The molecule has 0 saturated heterocycles. The van der Waals surface area contributed by atoms with Crippen LogP contribution in [-0.2, 0) is 12.8 Å². The number of H-pyrrole nitrogens is 2. The maximum absolute atomic E-state index is 12.9. The van der Waals surface area contributed by atoms with Gasteiger partial charge in [0.1, 0.15) is 22.4 Å². The second kappa shape index (κ2) is 11.2. The van der Waals surface area contributed by atoms with Gasteiger partial charge in [-0.15, -0.1) is 0 Å². The summed E-state index contributed by atoms with van der Waals surface area (Å²) < 4.78 is 0. The van der Waals surface area contributed by atoms with Gasteiger partial charge < -0.3 is 9.97 Å². The highest BCUT2D eigenvalue weighted by atomic mass is 16.6. The van der Waals surface area contributed by atoms with Crippen LogP contribution in [0.25, 0.3) is 55.5 Å². The Morgan fingerprint density at radius 3 is 1.39 bits per heavy atom. The van der Waals surface area contributed by atoms with Crippen molar-refractivity contribution in [3.63, 3.8) is 0 Å². The number of nitrogens with one attached hydrogen (secondary N) is 2. The van der Waals surface area contributed by atoms with Crippen LogP contribution in [0.15, 0.2) is 36.4 Å². The van der Waals surface area contributed by atoms with Crippen LogP contribution in [0.2, 0.25) is 0 Å². The molecule has 10 heteroatoms. The number of hydrogen-bond donors (Lipinski definition) is 2. The predicted molar refractivity (Wildman–Crippen MR) is 184 cm³/mol. The molecule has 234 valence electrons. The second-order valence-electron chi connectivity index (χ2n) is 12.0. The lowest BCUT2D eigenvalue weighted by atomic mass is 9.94. The average Bonchev–Trinajstić information content (AvgIpc) is 3.69. The molecule has 10 nitrogen and oxygen atoms in total. The molecule has 4 aromatic rings. The zero-order valence-electron chi connectivity index (χ0n) is 27.3. The smallest absolute Gasteiger partial charge is 0.318 e. The summed E-state index contributed by atoms with van der Waals surface area (Å²) in [6.07, 6.45) is 1.12. The molecule has 5 heterocycles. The maximum Gasteiger partial charge on any atom is 0.318 e. The van der Waals surface area contributed by atoms with E-state index in [1.54, 1.807) is 0 Å². The molecule has 8 bridgehead atoms. The van der Waals surface area contributed by atoms with Crippen molar-refractivity contribution in [2.75, 3.05) is 0 Å². The minimum atomic E-state index is -0.349. The minimum absolute atomic E-state index is 0.0860. The van der Waals surface area contributed by atoms with Crippen molar-refractivity contribution in [3.8, 4) is 11.1 Å². The molecule has 2 aliphatic heterocycles. The SMILES string of the molecule is CCc1c(C)c2cc3[nH]c(c(CC)c3C)c([N+](=O)[O-])c3nc(c(-c4ccccc4)c4nc(c([N+](=O)[O-])c1[nH]2)C(C)=C4C)C(C)=C3C. The number of nitrogens with zero attached hydrogens (tertiary/aromatic N) is 4. The molecular formula is C36H36N6O4. The monoisotopic (exact) mass is 616 g/mol. The highest BCUT2D eigenvalue weighted by Gasteiger charge is 2.32. The summed E-state index contributed by atoms with van der Waals surface area (Å²) in [5.74, 6) is 0. The van der Waals surface area contributed by atoms with E-state index in [-0.39, 0.29) is 32.6 Å². The first kappa shape index (κ1) is 30.6. The third-order valence-corrected chi connectivity index (χ3v) is 9.65. The Labute approximate surface area is 266 Å². The van der Waals surface area contributed by atoms with Gasteiger partial charge in [-0.25, -0.2) is 9.97 Å². The normalized spacial score (nSPS) is 13.1. The Balaban J connectivity index is 2.01. The van der Waals surface area contributed by atoms with E-state index in [4.69, 9.17) is 9.97 Å². The summed E-state index contributed by atoms with van der Waals surface area (Å²) in [5.41, 5.74) is 11.5. The molecule has 0 saturated carbocycles. The molecule has 0 spiro atoms. The van der Waals surface area contributed by atoms with E-state index in [0.717, 1.165) is 39.0 Å². The van der Waals surface area contributed by atoms with Gasteiger partial charge in [-0.3, -0.25) is 20.2 Å². The quantitative estimate of drug-likeness (QED) is 0.169.